The molecule has 1 aliphatic rings. The minimum Gasteiger partial charge on any atom is -0.444 e. The maximum atomic E-state index is 12.2. The molecule has 1 amide bonds. The van der Waals surface area contributed by atoms with E-state index in [1.165, 1.54) is 11.1 Å². The largest absolute Gasteiger partial charge is 0.444 e. The number of carbonyl (C=O) groups excluding carboxylic acids is 2. The predicted molar refractivity (Wildman–Crippen MR) is 102 cm³/mol. The lowest BCUT2D eigenvalue weighted by atomic mass is 9.70. The van der Waals surface area contributed by atoms with Gasteiger partial charge in [-0.05, 0) is 46.1 Å². The van der Waals surface area contributed by atoms with Gasteiger partial charge in [0, 0.05) is 24.9 Å². The number of rotatable bonds is 3. The Kier molecular flexibility index (Phi) is 7.65. The van der Waals surface area contributed by atoms with E-state index in [2.05, 4.69) is 31.2 Å². The molecule has 1 aromatic rings. The van der Waals surface area contributed by atoms with Gasteiger partial charge in [-0.1, -0.05) is 43.7 Å². The fourth-order valence-corrected chi connectivity index (χ4v) is 3.12. The molecule has 1 fully saturated rings. The van der Waals surface area contributed by atoms with Crippen LogP contribution in [0.1, 0.15) is 65.0 Å². The van der Waals surface area contributed by atoms with Crippen molar-refractivity contribution < 1.29 is 14.3 Å². The fraction of sp³-hybridized carbons (Fsp3) is 0.619. The zero-order valence-electron chi connectivity index (χ0n) is 16.6. The van der Waals surface area contributed by atoms with Crippen LogP contribution in [-0.2, 0) is 14.9 Å². The summed E-state index contributed by atoms with van der Waals surface area (Å²) in [4.78, 5) is 25.2. The van der Waals surface area contributed by atoms with E-state index < -0.39 is 5.60 Å². The van der Waals surface area contributed by atoms with Crippen LogP contribution in [0, 0.1) is 6.92 Å². The number of hydrogen-bond donors (Lipinski definition) is 0. The van der Waals surface area contributed by atoms with Crippen LogP contribution in [0.15, 0.2) is 24.3 Å². The maximum absolute atomic E-state index is 12.2. The van der Waals surface area contributed by atoms with Crippen LogP contribution in [0.4, 0.5) is 4.79 Å². The molecule has 4 nitrogen and oxygen atoms in total. The van der Waals surface area contributed by atoms with Crippen LogP contribution in [0.25, 0.3) is 0 Å². The number of carbonyl (C=O) groups is 2. The minimum atomic E-state index is -0.481. The topological polar surface area (TPSA) is 46.6 Å². The molecule has 0 unspecified atom stereocenters. The number of benzene rings is 1. The maximum Gasteiger partial charge on any atom is 0.410 e. The molecule has 0 radical (unpaired) electrons. The second-order valence-corrected chi connectivity index (χ2v) is 7.48. The summed E-state index contributed by atoms with van der Waals surface area (Å²) in [6.07, 6.45) is 2.81. The van der Waals surface area contributed by atoms with Crippen molar-refractivity contribution in [3.05, 3.63) is 35.4 Å². The third-order valence-corrected chi connectivity index (χ3v) is 4.51. The van der Waals surface area contributed by atoms with Crippen molar-refractivity contribution in [2.45, 2.75) is 71.8 Å². The minimum absolute atomic E-state index is 0.159. The Labute approximate surface area is 152 Å². The highest BCUT2D eigenvalue weighted by atomic mass is 16.6. The third kappa shape index (κ3) is 5.87. The van der Waals surface area contributed by atoms with Gasteiger partial charge in [0.1, 0.15) is 11.9 Å². The average Bonchev–Trinajstić information content (AvgIpc) is 2.56. The lowest BCUT2D eigenvalue weighted by molar-refractivity contribution is -0.109. The van der Waals surface area contributed by atoms with Gasteiger partial charge in [0.25, 0.3) is 0 Å². The van der Waals surface area contributed by atoms with Crippen molar-refractivity contribution in [3.8, 4) is 0 Å². The summed E-state index contributed by atoms with van der Waals surface area (Å²) >= 11 is 0. The first-order valence-electron chi connectivity index (χ1n) is 9.24. The van der Waals surface area contributed by atoms with Crippen molar-refractivity contribution in [1.82, 2.24) is 4.90 Å². The number of amides is 1. The summed E-state index contributed by atoms with van der Waals surface area (Å²) in [6, 6.07) is 8.40. The van der Waals surface area contributed by atoms with Gasteiger partial charge in [-0.2, -0.15) is 0 Å². The Balaban J connectivity index is 0.00000151. The van der Waals surface area contributed by atoms with Gasteiger partial charge < -0.3 is 14.4 Å². The molecule has 0 saturated carbocycles. The summed E-state index contributed by atoms with van der Waals surface area (Å²) in [6.45, 7) is 12.9. The molecule has 25 heavy (non-hydrogen) atoms. The van der Waals surface area contributed by atoms with E-state index in [1.807, 2.05) is 34.6 Å². The van der Waals surface area contributed by atoms with E-state index in [1.54, 1.807) is 4.90 Å². The molecule has 0 aliphatic carbocycles. The summed E-state index contributed by atoms with van der Waals surface area (Å²) in [5.74, 6) is 0. The summed E-state index contributed by atoms with van der Waals surface area (Å²) in [5, 5.41) is 0. The molecule has 140 valence electrons. The van der Waals surface area contributed by atoms with Gasteiger partial charge >= 0.3 is 6.09 Å². The van der Waals surface area contributed by atoms with Crippen molar-refractivity contribution in [1.29, 1.82) is 0 Å². The number of likely N-dealkylation sites (tertiary alicyclic amines) is 1. The second kappa shape index (κ2) is 9.02. The van der Waals surface area contributed by atoms with E-state index in [0.29, 0.717) is 19.5 Å². The van der Waals surface area contributed by atoms with Gasteiger partial charge in [-0.3, -0.25) is 0 Å². The number of aryl methyl sites for hydroxylation is 1. The highest BCUT2D eigenvalue weighted by molar-refractivity contribution is 5.68. The molecule has 0 N–H and O–H groups in total. The van der Waals surface area contributed by atoms with Crippen LogP contribution in [0.5, 0.6) is 0 Å². The Morgan fingerprint density at radius 1 is 1.16 bits per heavy atom. The number of hydrogen-bond acceptors (Lipinski definition) is 3. The standard InChI is InChI=1S/C19H27NO3.C2H6/c1-15-5-7-16(8-6-15)19(11-14-21)9-12-20(13-10-19)17(22)23-18(2,3)4;1-2/h5-8,14H,9-13H2,1-4H3;1-2H3. The van der Waals surface area contributed by atoms with Gasteiger partial charge in [-0.15, -0.1) is 0 Å². The van der Waals surface area contributed by atoms with Crippen LogP contribution < -0.4 is 0 Å². The van der Waals surface area contributed by atoms with Gasteiger partial charge in [0.05, 0.1) is 0 Å². The Hall–Kier alpha value is -1.84. The number of piperidine rings is 1. The van der Waals surface area contributed by atoms with Gasteiger partial charge in [0.2, 0.25) is 0 Å². The average molecular weight is 347 g/mol. The molecule has 1 heterocycles. The zero-order chi connectivity index (χ0) is 19.1. The molecular formula is C21H33NO3. The zero-order valence-corrected chi connectivity index (χ0v) is 16.6. The molecule has 4 heteroatoms. The SMILES string of the molecule is CC.Cc1ccc(C2(CC=O)CCN(C(=O)OC(C)(C)C)CC2)cc1. The van der Waals surface area contributed by atoms with E-state index >= 15 is 0 Å². The Bertz CT molecular complexity index is 549. The van der Waals surface area contributed by atoms with Gasteiger partial charge in [0.15, 0.2) is 0 Å². The summed E-state index contributed by atoms with van der Waals surface area (Å²) in [7, 11) is 0. The smallest absolute Gasteiger partial charge is 0.410 e. The highest BCUT2D eigenvalue weighted by Crippen LogP contribution is 2.38. The molecule has 1 aliphatic heterocycles. The monoisotopic (exact) mass is 347 g/mol. The van der Waals surface area contributed by atoms with Crippen molar-refractivity contribution in [2.24, 2.45) is 0 Å². The Morgan fingerprint density at radius 2 is 1.68 bits per heavy atom. The third-order valence-electron chi connectivity index (χ3n) is 4.51. The number of ether oxygens (including phenoxy) is 1. The first-order chi connectivity index (χ1) is 11.8. The van der Waals surface area contributed by atoms with Crippen LogP contribution in [-0.4, -0.2) is 36.0 Å². The molecule has 2 rings (SSSR count). The second-order valence-electron chi connectivity index (χ2n) is 7.48. The highest BCUT2D eigenvalue weighted by Gasteiger charge is 2.38. The van der Waals surface area contributed by atoms with Crippen molar-refractivity contribution in [2.75, 3.05) is 13.1 Å². The molecule has 0 atom stereocenters. The van der Waals surface area contributed by atoms with Crippen LogP contribution in [0.3, 0.4) is 0 Å². The first kappa shape index (κ1) is 21.2. The molecular weight excluding hydrogens is 314 g/mol. The Morgan fingerprint density at radius 3 is 2.12 bits per heavy atom. The lowest BCUT2D eigenvalue weighted by Crippen LogP contribution is -2.47. The lowest BCUT2D eigenvalue weighted by Gasteiger charge is -2.41. The van der Waals surface area contributed by atoms with Crippen LogP contribution >= 0.6 is 0 Å². The molecule has 0 spiro atoms. The number of aldehydes is 1. The fourth-order valence-electron chi connectivity index (χ4n) is 3.12. The van der Waals surface area contributed by atoms with Crippen molar-refractivity contribution >= 4 is 12.4 Å². The summed E-state index contributed by atoms with van der Waals surface area (Å²) < 4.78 is 5.44. The molecule has 1 saturated heterocycles. The van der Waals surface area contributed by atoms with Gasteiger partial charge in [-0.25, -0.2) is 4.79 Å². The molecule has 0 bridgehead atoms. The van der Waals surface area contributed by atoms with Crippen molar-refractivity contribution in [3.63, 3.8) is 0 Å². The van der Waals surface area contributed by atoms with E-state index in [-0.39, 0.29) is 11.5 Å². The van der Waals surface area contributed by atoms with E-state index in [0.717, 1.165) is 19.1 Å². The normalized spacial score (nSPS) is 16.5. The predicted octanol–water partition coefficient (Wildman–Crippen LogP) is 4.88. The molecule has 1 aromatic carbocycles. The quantitative estimate of drug-likeness (QED) is 0.732. The summed E-state index contributed by atoms with van der Waals surface area (Å²) in [5.41, 5.74) is 1.76. The van der Waals surface area contributed by atoms with E-state index in [4.69, 9.17) is 4.74 Å². The van der Waals surface area contributed by atoms with E-state index in [9.17, 15) is 9.59 Å². The molecule has 0 aromatic heterocycles. The van der Waals surface area contributed by atoms with Crippen LogP contribution in [0.2, 0.25) is 0 Å². The number of nitrogens with zero attached hydrogens (tertiary/aromatic N) is 1. The first-order valence-corrected chi connectivity index (χ1v) is 9.24.